The fourth-order valence-corrected chi connectivity index (χ4v) is 5.84. The van der Waals surface area contributed by atoms with E-state index in [1.54, 1.807) is 11.3 Å². The zero-order chi connectivity index (χ0) is 34.2. The third kappa shape index (κ3) is 13.7. The Bertz CT molecular complexity index is 1260. The molecule has 0 aliphatic carbocycles. The van der Waals surface area contributed by atoms with Gasteiger partial charge in [-0.25, -0.2) is 4.98 Å². The molecule has 48 heavy (non-hydrogen) atoms. The summed E-state index contributed by atoms with van der Waals surface area (Å²) in [6.07, 6.45) is -0.665. The van der Waals surface area contributed by atoms with E-state index in [0.717, 1.165) is 21.7 Å². The standard InChI is InChI=1S/C33H51N5O8S.ClH/c1-23-29(47-22-36-23)25-7-5-24(6-8-25)20-35-31(41)27-19-26(39)21-38(27)32(42)30(33(2,3)4)37-28(40)9-11-43-13-15-45-17-18-46-16-14-44-12-10-34;/h5-8,22,26-27,30,39H,9-21,34H2,1-4H3,(H,35,41)(H,37,40);1H/t26-,27+,30-;/m1./s1. The zero-order valence-electron chi connectivity index (χ0n) is 28.4. The first-order valence-corrected chi connectivity index (χ1v) is 16.9. The van der Waals surface area contributed by atoms with Gasteiger partial charge in [-0.15, -0.1) is 23.7 Å². The summed E-state index contributed by atoms with van der Waals surface area (Å²) < 4.78 is 21.6. The van der Waals surface area contributed by atoms with Crippen molar-refractivity contribution in [2.45, 2.75) is 65.3 Å². The smallest absolute Gasteiger partial charge is 0.246 e. The average Bonchev–Trinajstić information content (AvgIpc) is 3.65. The molecular formula is C33H52ClN5O8S. The van der Waals surface area contributed by atoms with Gasteiger partial charge in [0.1, 0.15) is 12.1 Å². The van der Waals surface area contributed by atoms with E-state index in [1.807, 2.05) is 57.5 Å². The first kappa shape index (κ1) is 41.5. The van der Waals surface area contributed by atoms with Crippen molar-refractivity contribution in [3.8, 4) is 10.4 Å². The van der Waals surface area contributed by atoms with Gasteiger partial charge in [0.2, 0.25) is 17.7 Å². The highest BCUT2D eigenvalue weighted by atomic mass is 35.5. The van der Waals surface area contributed by atoms with Crippen molar-refractivity contribution in [1.29, 1.82) is 0 Å². The van der Waals surface area contributed by atoms with Crippen molar-refractivity contribution < 1.29 is 38.4 Å². The number of hydrogen-bond donors (Lipinski definition) is 4. The molecule has 2 aromatic rings. The Morgan fingerprint density at radius 2 is 1.58 bits per heavy atom. The number of nitrogens with zero attached hydrogens (tertiary/aromatic N) is 2. The van der Waals surface area contributed by atoms with Crippen LogP contribution < -0.4 is 16.4 Å². The molecule has 5 N–H and O–H groups in total. The predicted molar refractivity (Wildman–Crippen MR) is 186 cm³/mol. The Morgan fingerprint density at radius 1 is 1.00 bits per heavy atom. The molecular weight excluding hydrogens is 662 g/mol. The summed E-state index contributed by atoms with van der Waals surface area (Å²) in [6, 6.07) is 6.13. The number of rotatable bonds is 20. The number of carbonyl (C=O) groups is 3. The third-order valence-corrected chi connectivity index (χ3v) is 8.54. The van der Waals surface area contributed by atoms with Gasteiger partial charge in [0.05, 0.1) is 75.0 Å². The molecule has 0 radical (unpaired) electrons. The Labute approximate surface area is 293 Å². The Balaban J connectivity index is 0.00000800. The average molecular weight is 714 g/mol. The highest BCUT2D eigenvalue weighted by Crippen LogP contribution is 2.28. The van der Waals surface area contributed by atoms with Crippen LogP contribution in [0, 0.1) is 12.3 Å². The normalized spacial score (nSPS) is 16.8. The van der Waals surface area contributed by atoms with Crippen molar-refractivity contribution >= 4 is 41.5 Å². The number of carbonyl (C=O) groups excluding carboxylic acids is 3. The lowest BCUT2D eigenvalue weighted by molar-refractivity contribution is -0.144. The van der Waals surface area contributed by atoms with Crippen molar-refractivity contribution in [3.63, 3.8) is 0 Å². The van der Waals surface area contributed by atoms with Gasteiger partial charge in [0.25, 0.3) is 0 Å². The molecule has 270 valence electrons. The number of β-amino-alcohol motifs (C(OH)–C–C–N with tert-alkyl or cyclic N) is 1. The summed E-state index contributed by atoms with van der Waals surface area (Å²) in [5.74, 6) is -1.11. The first-order valence-electron chi connectivity index (χ1n) is 16.1. The largest absolute Gasteiger partial charge is 0.391 e. The molecule has 0 saturated carbocycles. The van der Waals surface area contributed by atoms with Crippen LogP contribution in [-0.4, -0.2) is 117 Å². The number of halogens is 1. The number of likely N-dealkylation sites (tertiary alicyclic amines) is 1. The van der Waals surface area contributed by atoms with Crippen molar-refractivity contribution in [2.75, 3.05) is 65.9 Å². The summed E-state index contributed by atoms with van der Waals surface area (Å²) in [4.78, 5) is 46.6. The molecule has 0 spiro atoms. The minimum absolute atomic E-state index is 0. The van der Waals surface area contributed by atoms with Crippen LogP contribution >= 0.6 is 23.7 Å². The van der Waals surface area contributed by atoms with Gasteiger partial charge in [0, 0.05) is 32.5 Å². The molecule has 1 aliphatic heterocycles. The van der Waals surface area contributed by atoms with Crippen molar-refractivity contribution in [1.82, 2.24) is 20.5 Å². The fourth-order valence-electron chi connectivity index (χ4n) is 5.02. The van der Waals surface area contributed by atoms with E-state index in [-0.39, 0.29) is 56.8 Å². The maximum absolute atomic E-state index is 13.8. The summed E-state index contributed by atoms with van der Waals surface area (Å²) in [5, 5.41) is 16.2. The van der Waals surface area contributed by atoms with E-state index in [0.29, 0.717) is 52.8 Å². The number of aliphatic hydroxyl groups is 1. The van der Waals surface area contributed by atoms with Gasteiger partial charge in [-0.1, -0.05) is 45.0 Å². The van der Waals surface area contributed by atoms with Crippen LogP contribution in [0.5, 0.6) is 0 Å². The lowest BCUT2D eigenvalue weighted by Gasteiger charge is -2.35. The molecule has 3 amide bonds. The molecule has 3 rings (SSSR count). The number of aromatic nitrogens is 1. The lowest BCUT2D eigenvalue weighted by Crippen LogP contribution is -2.57. The molecule has 1 saturated heterocycles. The third-order valence-electron chi connectivity index (χ3n) is 7.56. The van der Waals surface area contributed by atoms with Crippen LogP contribution in [0.15, 0.2) is 29.8 Å². The number of amides is 3. The van der Waals surface area contributed by atoms with Crippen LogP contribution in [0.25, 0.3) is 10.4 Å². The first-order chi connectivity index (χ1) is 22.5. The summed E-state index contributed by atoms with van der Waals surface area (Å²) in [6.45, 7) is 11.4. The molecule has 1 fully saturated rings. The number of aryl methyl sites for hydroxylation is 1. The molecule has 1 aromatic carbocycles. The lowest BCUT2D eigenvalue weighted by atomic mass is 9.85. The monoisotopic (exact) mass is 713 g/mol. The van der Waals surface area contributed by atoms with E-state index in [9.17, 15) is 19.5 Å². The maximum Gasteiger partial charge on any atom is 0.246 e. The number of aliphatic hydroxyl groups excluding tert-OH is 1. The Kier molecular flexibility index (Phi) is 18.5. The van der Waals surface area contributed by atoms with Gasteiger partial charge in [-0.05, 0) is 23.5 Å². The molecule has 15 heteroatoms. The second kappa shape index (κ2) is 21.4. The predicted octanol–water partition coefficient (Wildman–Crippen LogP) is 2.06. The van der Waals surface area contributed by atoms with Crippen LogP contribution in [0.2, 0.25) is 0 Å². The van der Waals surface area contributed by atoms with Crippen molar-refractivity contribution in [2.24, 2.45) is 11.1 Å². The highest BCUT2D eigenvalue weighted by Gasteiger charge is 2.44. The number of nitrogens with one attached hydrogen (secondary N) is 2. The van der Waals surface area contributed by atoms with Crippen LogP contribution in [-0.2, 0) is 39.9 Å². The van der Waals surface area contributed by atoms with E-state index in [1.165, 1.54) is 4.90 Å². The molecule has 3 atom stereocenters. The molecule has 13 nitrogen and oxygen atoms in total. The maximum atomic E-state index is 13.8. The summed E-state index contributed by atoms with van der Waals surface area (Å²) in [5.41, 5.74) is 9.45. The van der Waals surface area contributed by atoms with Gasteiger partial charge >= 0.3 is 0 Å². The molecule has 0 bridgehead atoms. The van der Waals surface area contributed by atoms with Crippen LogP contribution in [0.3, 0.4) is 0 Å². The number of benzene rings is 1. The molecule has 0 unspecified atom stereocenters. The van der Waals surface area contributed by atoms with E-state index >= 15 is 0 Å². The highest BCUT2D eigenvalue weighted by molar-refractivity contribution is 7.13. The topological polar surface area (TPSA) is 175 Å². The van der Waals surface area contributed by atoms with E-state index in [4.69, 9.17) is 24.7 Å². The second-order valence-corrected chi connectivity index (χ2v) is 13.3. The van der Waals surface area contributed by atoms with E-state index < -0.39 is 29.5 Å². The number of hydrogen-bond acceptors (Lipinski definition) is 11. The molecule has 1 aliphatic rings. The summed E-state index contributed by atoms with van der Waals surface area (Å²) >= 11 is 1.58. The van der Waals surface area contributed by atoms with Crippen LogP contribution in [0.4, 0.5) is 0 Å². The SMILES string of the molecule is Cc1ncsc1-c1ccc(CNC(=O)[C@@H]2C[C@@H](O)CN2C(=O)[C@@H](NC(=O)CCOCCOCCOCCOCCN)C(C)(C)C)cc1.Cl. The van der Waals surface area contributed by atoms with E-state index in [2.05, 4.69) is 15.6 Å². The second-order valence-electron chi connectivity index (χ2n) is 12.4. The molecule has 2 heterocycles. The van der Waals surface area contributed by atoms with Gasteiger partial charge < -0.3 is 45.3 Å². The van der Waals surface area contributed by atoms with Gasteiger partial charge in [-0.3, -0.25) is 14.4 Å². The zero-order valence-corrected chi connectivity index (χ0v) is 30.0. The minimum Gasteiger partial charge on any atom is -0.391 e. The fraction of sp³-hybridized carbons (Fsp3) is 0.636. The molecule has 1 aromatic heterocycles. The van der Waals surface area contributed by atoms with Gasteiger partial charge in [0.15, 0.2) is 0 Å². The van der Waals surface area contributed by atoms with Crippen LogP contribution in [0.1, 0.15) is 44.9 Å². The Hall–Kier alpha value is -2.69. The summed E-state index contributed by atoms with van der Waals surface area (Å²) in [7, 11) is 0. The quantitative estimate of drug-likeness (QED) is 0.149. The Morgan fingerprint density at radius 3 is 2.12 bits per heavy atom. The van der Waals surface area contributed by atoms with Crippen molar-refractivity contribution in [3.05, 3.63) is 41.0 Å². The minimum atomic E-state index is -0.901. The number of thiazole rings is 1. The number of ether oxygens (including phenoxy) is 4. The van der Waals surface area contributed by atoms with Gasteiger partial charge in [-0.2, -0.15) is 0 Å². The number of nitrogens with two attached hydrogens (primary N) is 1.